The minimum Gasteiger partial charge on any atom is -0.302 e. The summed E-state index contributed by atoms with van der Waals surface area (Å²) in [5.41, 5.74) is 0. The lowest BCUT2D eigenvalue weighted by Gasteiger charge is -2.34. The van der Waals surface area contributed by atoms with Crippen LogP contribution in [0.4, 0.5) is 0 Å². The topological polar surface area (TPSA) is 65.0 Å². The fourth-order valence-corrected chi connectivity index (χ4v) is 3.27. The van der Waals surface area contributed by atoms with Gasteiger partial charge in [-0.3, -0.25) is 19.5 Å². The van der Waals surface area contributed by atoms with Crippen LogP contribution in [0.25, 0.3) is 0 Å². The summed E-state index contributed by atoms with van der Waals surface area (Å²) in [5.74, 6) is -1.51. The number of piperidine rings is 1. The first-order chi connectivity index (χ1) is 11.0. The first-order valence-corrected chi connectivity index (χ1v) is 8.85. The summed E-state index contributed by atoms with van der Waals surface area (Å²) in [6, 6.07) is -0.0279. The van der Waals surface area contributed by atoms with Gasteiger partial charge in [-0.05, 0) is 51.5 Å². The average molecular weight is 338 g/mol. The van der Waals surface area contributed by atoms with Crippen LogP contribution in [0, 0.1) is 5.92 Å². The number of likely N-dealkylation sites (tertiary alicyclic amines) is 1. The highest BCUT2D eigenvalue weighted by atomic mass is 32.1. The monoisotopic (exact) mass is 338 g/mol. The van der Waals surface area contributed by atoms with E-state index in [-0.39, 0.29) is 23.0 Å². The van der Waals surface area contributed by atoms with Crippen LogP contribution in [0.5, 0.6) is 0 Å². The van der Waals surface area contributed by atoms with Gasteiger partial charge in [-0.15, -0.1) is 0 Å². The van der Waals surface area contributed by atoms with E-state index in [0.29, 0.717) is 6.54 Å². The van der Waals surface area contributed by atoms with Crippen LogP contribution in [0.15, 0.2) is 4.99 Å². The summed E-state index contributed by atoms with van der Waals surface area (Å²) in [6.07, 6.45) is 6.06. The highest BCUT2D eigenvalue weighted by Gasteiger charge is 2.39. The number of hydrogen-bond acceptors (Lipinski definition) is 5. The third-order valence-electron chi connectivity index (χ3n) is 4.51. The SMILES string of the molecule is CC[C@@H](C)N1C(=O)[C@@H](C=NCCN2CCCCC2)C(=O)NC1=S. The molecule has 0 radical (unpaired) electrons. The fraction of sp³-hybridized carbons (Fsp3) is 0.750. The first-order valence-electron chi connectivity index (χ1n) is 8.44. The molecule has 0 aromatic heterocycles. The standard InChI is InChI=1S/C16H26N4O2S/c1-3-12(2)20-15(22)13(14(21)18-16(20)23)11-17-7-10-19-8-5-4-6-9-19/h11-13H,3-10H2,1-2H3,(H,18,21,23)/t12-,13+/m1/s1. The Hall–Kier alpha value is -1.34. The zero-order valence-electron chi connectivity index (χ0n) is 14.0. The van der Waals surface area contributed by atoms with Gasteiger partial charge in [-0.2, -0.15) is 0 Å². The summed E-state index contributed by atoms with van der Waals surface area (Å²) in [7, 11) is 0. The summed E-state index contributed by atoms with van der Waals surface area (Å²) in [4.78, 5) is 32.7. The predicted molar refractivity (Wildman–Crippen MR) is 94.5 cm³/mol. The number of carbonyl (C=O) groups is 2. The third kappa shape index (κ3) is 4.57. The number of carbonyl (C=O) groups excluding carboxylic acids is 2. The van der Waals surface area contributed by atoms with E-state index in [2.05, 4.69) is 15.2 Å². The van der Waals surface area contributed by atoms with Gasteiger partial charge in [0.05, 0.1) is 6.54 Å². The average Bonchev–Trinajstić information content (AvgIpc) is 2.54. The Balaban J connectivity index is 1.91. The van der Waals surface area contributed by atoms with E-state index in [1.54, 1.807) is 0 Å². The normalized spacial score (nSPS) is 25.0. The fourth-order valence-electron chi connectivity index (χ4n) is 2.90. The number of aliphatic imine (C=N–C) groups is 1. The molecule has 23 heavy (non-hydrogen) atoms. The predicted octanol–water partition coefficient (Wildman–Crippen LogP) is 1.20. The van der Waals surface area contributed by atoms with Crippen LogP contribution >= 0.6 is 12.2 Å². The molecule has 0 aliphatic carbocycles. The largest absolute Gasteiger partial charge is 0.302 e. The van der Waals surface area contributed by atoms with Crippen LogP contribution in [-0.4, -0.2) is 65.2 Å². The Morgan fingerprint density at radius 2 is 2.04 bits per heavy atom. The van der Waals surface area contributed by atoms with Crippen molar-refractivity contribution in [3.05, 3.63) is 0 Å². The Morgan fingerprint density at radius 3 is 2.70 bits per heavy atom. The van der Waals surface area contributed by atoms with Crippen LogP contribution < -0.4 is 5.32 Å². The van der Waals surface area contributed by atoms with Gasteiger partial charge in [-0.1, -0.05) is 13.3 Å². The molecule has 7 heteroatoms. The number of nitrogens with one attached hydrogen (secondary N) is 1. The summed E-state index contributed by atoms with van der Waals surface area (Å²) in [5, 5.41) is 2.81. The lowest BCUT2D eigenvalue weighted by atomic mass is 10.0. The van der Waals surface area contributed by atoms with Gasteiger partial charge < -0.3 is 10.2 Å². The molecule has 0 aromatic rings. The minimum atomic E-state index is -0.864. The van der Waals surface area contributed by atoms with E-state index in [0.717, 1.165) is 26.1 Å². The highest BCUT2D eigenvalue weighted by molar-refractivity contribution is 7.80. The molecule has 2 rings (SSSR count). The molecule has 2 aliphatic rings. The number of hydrogen-bond donors (Lipinski definition) is 1. The van der Waals surface area contributed by atoms with Gasteiger partial charge in [0.25, 0.3) is 0 Å². The van der Waals surface area contributed by atoms with Gasteiger partial charge >= 0.3 is 0 Å². The van der Waals surface area contributed by atoms with Gasteiger partial charge in [0.15, 0.2) is 11.0 Å². The molecule has 0 unspecified atom stereocenters. The molecule has 2 amide bonds. The minimum absolute atomic E-state index is 0.0279. The molecule has 128 valence electrons. The Bertz CT molecular complexity index is 488. The number of rotatable bonds is 6. The number of amides is 2. The van der Waals surface area contributed by atoms with Crippen molar-refractivity contribution in [1.29, 1.82) is 0 Å². The maximum absolute atomic E-state index is 12.5. The molecule has 0 saturated carbocycles. The van der Waals surface area contributed by atoms with Crippen LogP contribution in [-0.2, 0) is 9.59 Å². The van der Waals surface area contributed by atoms with E-state index in [1.807, 2.05) is 13.8 Å². The van der Waals surface area contributed by atoms with Gasteiger partial charge in [0.2, 0.25) is 11.8 Å². The van der Waals surface area contributed by atoms with Crippen molar-refractivity contribution < 1.29 is 9.59 Å². The van der Waals surface area contributed by atoms with Crippen molar-refractivity contribution in [3.63, 3.8) is 0 Å². The molecule has 0 aromatic carbocycles. The summed E-state index contributed by atoms with van der Waals surface area (Å²) >= 11 is 5.12. The van der Waals surface area contributed by atoms with E-state index < -0.39 is 5.92 Å². The van der Waals surface area contributed by atoms with Crippen molar-refractivity contribution in [2.75, 3.05) is 26.2 Å². The molecule has 2 fully saturated rings. The molecule has 0 spiro atoms. The molecule has 2 aliphatic heterocycles. The Kier molecular flexibility index (Phi) is 6.65. The first kappa shape index (κ1) is 18.0. The third-order valence-corrected chi connectivity index (χ3v) is 4.81. The molecule has 2 heterocycles. The van der Waals surface area contributed by atoms with Gasteiger partial charge in [0.1, 0.15) is 0 Å². The van der Waals surface area contributed by atoms with E-state index in [1.165, 1.54) is 30.4 Å². The van der Waals surface area contributed by atoms with Gasteiger partial charge in [-0.25, -0.2) is 0 Å². The second-order valence-corrected chi connectivity index (χ2v) is 6.58. The summed E-state index contributed by atoms with van der Waals surface area (Å²) < 4.78 is 0. The van der Waals surface area contributed by atoms with E-state index in [9.17, 15) is 9.59 Å². The van der Waals surface area contributed by atoms with Crippen molar-refractivity contribution in [1.82, 2.24) is 15.1 Å². The smallest absolute Gasteiger partial charge is 0.247 e. The van der Waals surface area contributed by atoms with Crippen LogP contribution in [0.1, 0.15) is 39.5 Å². The quantitative estimate of drug-likeness (QED) is 0.449. The molecule has 2 saturated heterocycles. The Labute approximate surface area is 143 Å². The van der Waals surface area contributed by atoms with Gasteiger partial charge in [0, 0.05) is 18.8 Å². The molecule has 1 N–H and O–H groups in total. The lowest BCUT2D eigenvalue weighted by molar-refractivity contribution is -0.139. The molecule has 2 atom stereocenters. The van der Waals surface area contributed by atoms with Crippen molar-refractivity contribution in [2.24, 2.45) is 10.9 Å². The number of nitrogens with zero attached hydrogens (tertiary/aromatic N) is 3. The van der Waals surface area contributed by atoms with Crippen LogP contribution in [0.2, 0.25) is 0 Å². The lowest BCUT2D eigenvalue weighted by Crippen LogP contribution is -2.60. The highest BCUT2D eigenvalue weighted by Crippen LogP contribution is 2.15. The zero-order chi connectivity index (χ0) is 16.8. The molecular weight excluding hydrogens is 312 g/mol. The molecule has 6 nitrogen and oxygen atoms in total. The molecule has 0 bridgehead atoms. The Morgan fingerprint density at radius 1 is 1.35 bits per heavy atom. The van der Waals surface area contributed by atoms with Crippen molar-refractivity contribution in [2.45, 2.75) is 45.6 Å². The zero-order valence-corrected chi connectivity index (χ0v) is 14.8. The van der Waals surface area contributed by atoms with Crippen molar-refractivity contribution >= 4 is 35.4 Å². The molecular formula is C16H26N4O2S. The van der Waals surface area contributed by atoms with Crippen molar-refractivity contribution in [3.8, 4) is 0 Å². The maximum Gasteiger partial charge on any atom is 0.247 e. The summed E-state index contributed by atoms with van der Waals surface area (Å²) in [6.45, 7) is 7.64. The van der Waals surface area contributed by atoms with E-state index >= 15 is 0 Å². The van der Waals surface area contributed by atoms with Crippen LogP contribution in [0.3, 0.4) is 0 Å². The van der Waals surface area contributed by atoms with E-state index in [4.69, 9.17) is 12.2 Å². The number of thiocarbonyl (C=S) groups is 1. The second kappa shape index (κ2) is 8.49. The maximum atomic E-state index is 12.5. The second-order valence-electron chi connectivity index (χ2n) is 6.20.